The van der Waals surface area contributed by atoms with Crippen LogP contribution in [-0.4, -0.2) is 14.8 Å². The number of halogens is 1. The van der Waals surface area contributed by atoms with Gasteiger partial charge in [0.1, 0.15) is 6.33 Å². The number of rotatable bonds is 4. The quantitative estimate of drug-likeness (QED) is 0.782. The van der Waals surface area contributed by atoms with E-state index in [0.29, 0.717) is 0 Å². The van der Waals surface area contributed by atoms with Crippen LogP contribution in [0.4, 0.5) is 5.69 Å². The number of anilines is 1. The van der Waals surface area contributed by atoms with E-state index in [1.807, 2.05) is 41.9 Å². The first-order chi connectivity index (χ1) is 10.2. The molecule has 0 aliphatic heterocycles. The third-order valence-electron chi connectivity index (χ3n) is 3.25. The predicted molar refractivity (Wildman–Crippen MR) is 87.9 cm³/mol. The Hall–Kier alpha value is -2.14. The van der Waals surface area contributed by atoms with Crippen molar-refractivity contribution in [3.05, 3.63) is 64.9 Å². The van der Waals surface area contributed by atoms with E-state index in [4.69, 9.17) is 0 Å². The molecule has 0 atom stereocenters. The molecule has 3 aromatic rings. The zero-order valence-corrected chi connectivity index (χ0v) is 13.2. The highest BCUT2D eigenvalue weighted by Crippen LogP contribution is 2.26. The molecule has 0 saturated heterocycles. The molecule has 106 valence electrons. The summed E-state index contributed by atoms with van der Waals surface area (Å²) in [5.74, 6) is 0.854. The SMILES string of the molecule is Cn1cnnc1-c1ccccc1NCc1cccc(Br)c1. The molecule has 0 fully saturated rings. The fourth-order valence-electron chi connectivity index (χ4n) is 2.20. The molecule has 0 amide bonds. The summed E-state index contributed by atoms with van der Waals surface area (Å²) in [5, 5.41) is 11.6. The average Bonchev–Trinajstić information content (AvgIpc) is 2.91. The Morgan fingerprint density at radius 3 is 2.76 bits per heavy atom. The number of hydrogen-bond acceptors (Lipinski definition) is 3. The molecule has 21 heavy (non-hydrogen) atoms. The molecule has 0 unspecified atom stereocenters. The first-order valence-corrected chi connectivity index (χ1v) is 7.45. The number of nitrogens with one attached hydrogen (secondary N) is 1. The van der Waals surface area contributed by atoms with Crippen LogP contribution in [0.5, 0.6) is 0 Å². The molecule has 0 bridgehead atoms. The fraction of sp³-hybridized carbons (Fsp3) is 0.125. The highest BCUT2D eigenvalue weighted by molar-refractivity contribution is 9.10. The lowest BCUT2D eigenvalue weighted by Gasteiger charge is -2.11. The van der Waals surface area contributed by atoms with E-state index in [9.17, 15) is 0 Å². The highest BCUT2D eigenvalue weighted by atomic mass is 79.9. The average molecular weight is 343 g/mol. The van der Waals surface area contributed by atoms with Crippen LogP contribution in [0.1, 0.15) is 5.56 Å². The normalized spacial score (nSPS) is 10.6. The van der Waals surface area contributed by atoms with Gasteiger partial charge in [-0.1, -0.05) is 40.2 Å². The van der Waals surface area contributed by atoms with Crippen LogP contribution in [0.3, 0.4) is 0 Å². The summed E-state index contributed by atoms with van der Waals surface area (Å²) >= 11 is 3.49. The van der Waals surface area contributed by atoms with E-state index in [0.717, 1.165) is 28.1 Å². The zero-order chi connectivity index (χ0) is 14.7. The minimum absolute atomic E-state index is 0.758. The molecule has 1 aromatic heterocycles. The molecule has 0 aliphatic rings. The summed E-state index contributed by atoms with van der Waals surface area (Å²) in [4.78, 5) is 0. The van der Waals surface area contributed by atoms with Gasteiger partial charge in [-0.15, -0.1) is 10.2 Å². The number of para-hydroxylation sites is 1. The summed E-state index contributed by atoms with van der Waals surface area (Å²) in [5.41, 5.74) is 3.32. The third kappa shape index (κ3) is 3.13. The standard InChI is InChI=1S/C16H15BrN4/c1-21-11-19-20-16(21)14-7-2-3-8-15(14)18-10-12-5-4-6-13(17)9-12/h2-9,11,18H,10H2,1H3. The molecule has 4 nitrogen and oxygen atoms in total. The number of hydrogen-bond donors (Lipinski definition) is 1. The Balaban J connectivity index is 1.85. The van der Waals surface area contributed by atoms with Gasteiger partial charge in [0, 0.05) is 29.3 Å². The maximum absolute atomic E-state index is 4.18. The van der Waals surface area contributed by atoms with Crippen molar-refractivity contribution in [2.75, 3.05) is 5.32 Å². The van der Waals surface area contributed by atoms with Crippen molar-refractivity contribution in [1.29, 1.82) is 0 Å². The van der Waals surface area contributed by atoms with Crippen molar-refractivity contribution in [1.82, 2.24) is 14.8 Å². The minimum atomic E-state index is 0.758. The molecule has 5 heteroatoms. The van der Waals surface area contributed by atoms with Crippen LogP contribution in [0.25, 0.3) is 11.4 Å². The monoisotopic (exact) mass is 342 g/mol. The van der Waals surface area contributed by atoms with Crippen LogP contribution >= 0.6 is 15.9 Å². The topological polar surface area (TPSA) is 42.7 Å². The summed E-state index contributed by atoms with van der Waals surface area (Å²) in [6, 6.07) is 16.4. The molecule has 2 aromatic carbocycles. The number of aryl methyl sites for hydroxylation is 1. The Labute approximate surface area is 132 Å². The van der Waals surface area contributed by atoms with Gasteiger partial charge in [0.15, 0.2) is 5.82 Å². The van der Waals surface area contributed by atoms with Crippen molar-refractivity contribution < 1.29 is 0 Å². The van der Waals surface area contributed by atoms with E-state index in [1.54, 1.807) is 6.33 Å². The molecule has 0 radical (unpaired) electrons. The van der Waals surface area contributed by atoms with Gasteiger partial charge in [0.05, 0.1) is 0 Å². The lowest BCUT2D eigenvalue weighted by atomic mass is 10.1. The summed E-state index contributed by atoms with van der Waals surface area (Å²) < 4.78 is 3.00. The molecule has 3 rings (SSSR count). The van der Waals surface area contributed by atoms with Gasteiger partial charge in [0.25, 0.3) is 0 Å². The van der Waals surface area contributed by atoms with E-state index in [1.165, 1.54) is 5.56 Å². The first-order valence-electron chi connectivity index (χ1n) is 6.66. The first kappa shape index (κ1) is 13.8. The maximum atomic E-state index is 4.18. The van der Waals surface area contributed by atoms with Crippen LogP contribution in [-0.2, 0) is 13.6 Å². The zero-order valence-electron chi connectivity index (χ0n) is 11.6. The molecular formula is C16H15BrN4. The second-order valence-electron chi connectivity index (χ2n) is 4.79. The molecule has 0 saturated carbocycles. The van der Waals surface area contributed by atoms with Crippen molar-refractivity contribution in [3.63, 3.8) is 0 Å². The van der Waals surface area contributed by atoms with Crippen LogP contribution in [0, 0.1) is 0 Å². The van der Waals surface area contributed by atoms with Crippen LogP contribution in [0.15, 0.2) is 59.3 Å². The highest BCUT2D eigenvalue weighted by Gasteiger charge is 2.09. The number of benzene rings is 2. The molecule has 1 heterocycles. The van der Waals surface area contributed by atoms with Crippen molar-refractivity contribution >= 4 is 21.6 Å². The van der Waals surface area contributed by atoms with Crippen LogP contribution < -0.4 is 5.32 Å². The minimum Gasteiger partial charge on any atom is -0.380 e. The Bertz CT molecular complexity index is 751. The van der Waals surface area contributed by atoms with Crippen LogP contribution in [0.2, 0.25) is 0 Å². The van der Waals surface area contributed by atoms with Crippen molar-refractivity contribution in [3.8, 4) is 11.4 Å². The summed E-state index contributed by atoms with van der Waals surface area (Å²) in [7, 11) is 1.94. The second-order valence-corrected chi connectivity index (χ2v) is 5.71. The third-order valence-corrected chi connectivity index (χ3v) is 3.74. The lowest BCUT2D eigenvalue weighted by molar-refractivity contribution is 0.919. The van der Waals surface area contributed by atoms with E-state index >= 15 is 0 Å². The molecule has 1 N–H and O–H groups in total. The number of nitrogens with zero attached hydrogens (tertiary/aromatic N) is 3. The van der Waals surface area contributed by atoms with Gasteiger partial charge in [-0.25, -0.2) is 0 Å². The molecule has 0 aliphatic carbocycles. The molecular weight excluding hydrogens is 328 g/mol. The van der Waals surface area contributed by atoms with E-state index in [2.05, 4.69) is 49.6 Å². The van der Waals surface area contributed by atoms with Gasteiger partial charge in [-0.3, -0.25) is 0 Å². The largest absolute Gasteiger partial charge is 0.380 e. The van der Waals surface area contributed by atoms with Gasteiger partial charge in [-0.05, 0) is 29.8 Å². The molecule has 0 spiro atoms. The maximum Gasteiger partial charge on any atom is 0.165 e. The fourth-order valence-corrected chi connectivity index (χ4v) is 2.65. The summed E-state index contributed by atoms with van der Waals surface area (Å²) in [6.45, 7) is 0.758. The van der Waals surface area contributed by atoms with Gasteiger partial charge >= 0.3 is 0 Å². The van der Waals surface area contributed by atoms with Gasteiger partial charge in [0.2, 0.25) is 0 Å². The van der Waals surface area contributed by atoms with Crippen molar-refractivity contribution in [2.45, 2.75) is 6.54 Å². The van der Waals surface area contributed by atoms with Gasteiger partial charge in [-0.2, -0.15) is 0 Å². The Kier molecular flexibility index (Phi) is 4.01. The van der Waals surface area contributed by atoms with E-state index in [-0.39, 0.29) is 0 Å². The number of aromatic nitrogens is 3. The van der Waals surface area contributed by atoms with Gasteiger partial charge < -0.3 is 9.88 Å². The Morgan fingerprint density at radius 1 is 1.14 bits per heavy atom. The van der Waals surface area contributed by atoms with E-state index < -0.39 is 0 Å². The Morgan fingerprint density at radius 2 is 2.00 bits per heavy atom. The van der Waals surface area contributed by atoms with Crippen molar-refractivity contribution in [2.24, 2.45) is 7.05 Å². The summed E-state index contributed by atoms with van der Waals surface area (Å²) in [6.07, 6.45) is 1.71. The predicted octanol–water partition coefficient (Wildman–Crippen LogP) is 3.86. The lowest BCUT2D eigenvalue weighted by Crippen LogP contribution is -2.02. The smallest absolute Gasteiger partial charge is 0.165 e. The second kappa shape index (κ2) is 6.10.